The zero-order valence-corrected chi connectivity index (χ0v) is 14.1. The zero-order chi connectivity index (χ0) is 17.4. The van der Waals surface area contributed by atoms with E-state index in [0.717, 1.165) is 10.9 Å². The van der Waals surface area contributed by atoms with Gasteiger partial charge >= 0.3 is 0 Å². The summed E-state index contributed by atoms with van der Waals surface area (Å²) in [5.74, 6) is 0.585. The van der Waals surface area contributed by atoms with Crippen LogP contribution >= 0.6 is 0 Å². The lowest BCUT2D eigenvalue weighted by molar-refractivity contribution is 0.601. The van der Waals surface area contributed by atoms with Gasteiger partial charge in [-0.1, -0.05) is 0 Å². The summed E-state index contributed by atoms with van der Waals surface area (Å²) in [6.07, 6.45) is 3.14. The Morgan fingerprint density at radius 2 is 1.88 bits per heavy atom. The second kappa shape index (κ2) is 5.75. The summed E-state index contributed by atoms with van der Waals surface area (Å²) in [7, 11) is -1.90. The molecule has 0 saturated carbocycles. The Morgan fingerprint density at radius 3 is 2.60 bits per heavy atom. The first-order valence-electron chi connectivity index (χ1n) is 7.47. The van der Waals surface area contributed by atoms with Gasteiger partial charge in [0.25, 0.3) is 10.0 Å². The van der Waals surface area contributed by atoms with Crippen molar-refractivity contribution in [2.75, 3.05) is 4.72 Å². The number of hydrogen-bond donors (Lipinski definition) is 1. The Balaban J connectivity index is 1.59. The molecule has 0 spiro atoms. The maximum Gasteiger partial charge on any atom is 0.261 e. The minimum atomic E-state index is -3.68. The highest BCUT2D eigenvalue weighted by atomic mass is 32.2. The maximum absolute atomic E-state index is 12.6. The average molecular weight is 354 g/mol. The van der Waals surface area contributed by atoms with E-state index in [4.69, 9.17) is 4.42 Å². The SMILES string of the molecule is Cn1cnc(-c2ccc(NS(=O)(=O)c3ccc4occc4c3)cc2)n1. The lowest BCUT2D eigenvalue weighted by atomic mass is 10.2. The number of benzene rings is 2. The number of rotatable bonds is 4. The first kappa shape index (κ1) is 15.4. The van der Waals surface area contributed by atoms with Crippen LogP contribution in [0.4, 0.5) is 5.69 Å². The Kier molecular flexibility index (Phi) is 3.54. The minimum absolute atomic E-state index is 0.178. The molecule has 126 valence electrons. The van der Waals surface area contributed by atoms with E-state index < -0.39 is 10.0 Å². The fourth-order valence-electron chi connectivity index (χ4n) is 2.48. The smallest absolute Gasteiger partial charge is 0.261 e. The Bertz CT molecular complexity index is 1140. The predicted molar refractivity (Wildman–Crippen MR) is 93.5 cm³/mol. The van der Waals surface area contributed by atoms with E-state index in [1.54, 1.807) is 60.5 Å². The average Bonchev–Trinajstić information content (AvgIpc) is 3.23. The van der Waals surface area contributed by atoms with Crippen LogP contribution in [0.1, 0.15) is 0 Å². The molecule has 4 aromatic rings. The monoisotopic (exact) mass is 354 g/mol. The van der Waals surface area contributed by atoms with Crippen LogP contribution in [0.3, 0.4) is 0 Å². The van der Waals surface area contributed by atoms with E-state index in [0.29, 0.717) is 17.1 Å². The molecule has 0 saturated heterocycles. The van der Waals surface area contributed by atoms with Gasteiger partial charge in [0.15, 0.2) is 5.82 Å². The highest BCUT2D eigenvalue weighted by molar-refractivity contribution is 7.92. The minimum Gasteiger partial charge on any atom is -0.464 e. The van der Waals surface area contributed by atoms with Crippen LogP contribution in [-0.2, 0) is 17.1 Å². The highest BCUT2D eigenvalue weighted by Crippen LogP contribution is 2.23. The molecule has 8 heteroatoms. The zero-order valence-electron chi connectivity index (χ0n) is 13.2. The lowest BCUT2D eigenvalue weighted by Crippen LogP contribution is -2.12. The molecule has 0 amide bonds. The van der Waals surface area contributed by atoms with Gasteiger partial charge in [-0.25, -0.2) is 13.4 Å². The van der Waals surface area contributed by atoms with E-state index in [2.05, 4.69) is 14.8 Å². The third-order valence-corrected chi connectivity index (χ3v) is 5.11. The van der Waals surface area contributed by atoms with Gasteiger partial charge in [-0.15, -0.1) is 0 Å². The van der Waals surface area contributed by atoms with Crippen molar-refractivity contribution in [2.24, 2.45) is 7.05 Å². The molecule has 0 aliphatic heterocycles. The number of aromatic nitrogens is 3. The summed E-state index contributed by atoms with van der Waals surface area (Å²) < 4.78 is 34.5. The van der Waals surface area contributed by atoms with Gasteiger partial charge < -0.3 is 4.42 Å². The van der Waals surface area contributed by atoms with Gasteiger partial charge in [0.05, 0.1) is 11.2 Å². The number of furan rings is 1. The number of sulfonamides is 1. The summed E-state index contributed by atoms with van der Waals surface area (Å²) in [5, 5.41) is 4.95. The van der Waals surface area contributed by atoms with E-state index in [-0.39, 0.29) is 4.90 Å². The number of anilines is 1. The van der Waals surface area contributed by atoms with Crippen LogP contribution in [0.5, 0.6) is 0 Å². The number of aryl methyl sites for hydroxylation is 1. The number of hydrogen-bond acceptors (Lipinski definition) is 5. The third-order valence-electron chi connectivity index (χ3n) is 3.73. The summed E-state index contributed by atoms with van der Waals surface area (Å²) in [6, 6.07) is 13.4. The fourth-order valence-corrected chi connectivity index (χ4v) is 3.58. The van der Waals surface area contributed by atoms with Crippen molar-refractivity contribution in [3.05, 3.63) is 61.1 Å². The first-order valence-corrected chi connectivity index (χ1v) is 8.96. The van der Waals surface area contributed by atoms with E-state index in [1.165, 1.54) is 12.3 Å². The topological polar surface area (TPSA) is 90.0 Å². The lowest BCUT2D eigenvalue weighted by Gasteiger charge is -2.08. The van der Waals surface area contributed by atoms with Gasteiger partial charge in [0.1, 0.15) is 11.9 Å². The molecule has 0 bridgehead atoms. The Hall–Kier alpha value is -3.13. The van der Waals surface area contributed by atoms with Crippen LogP contribution in [0.25, 0.3) is 22.4 Å². The van der Waals surface area contributed by atoms with Gasteiger partial charge in [-0.3, -0.25) is 9.40 Å². The molecule has 2 aromatic heterocycles. The van der Waals surface area contributed by atoms with Crippen molar-refractivity contribution in [1.29, 1.82) is 0 Å². The van der Waals surface area contributed by atoms with Gasteiger partial charge in [0, 0.05) is 23.7 Å². The molecule has 7 nitrogen and oxygen atoms in total. The number of nitrogens with zero attached hydrogens (tertiary/aromatic N) is 3. The van der Waals surface area contributed by atoms with Gasteiger partial charge in [0.2, 0.25) is 0 Å². The van der Waals surface area contributed by atoms with Crippen LogP contribution in [0.2, 0.25) is 0 Å². The molecule has 0 unspecified atom stereocenters. The molecule has 1 N–H and O–H groups in total. The second-order valence-electron chi connectivity index (χ2n) is 5.54. The van der Waals surface area contributed by atoms with Gasteiger partial charge in [-0.2, -0.15) is 5.10 Å². The summed E-state index contributed by atoms with van der Waals surface area (Å²) in [6.45, 7) is 0. The maximum atomic E-state index is 12.6. The molecule has 4 rings (SSSR count). The second-order valence-corrected chi connectivity index (χ2v) is 7.23. The molecular formula is C17H14N4O3S. The summed E-state index contributed by atoms with van der Waals surface area (Å²) in [4.78, 5) is 4.34. The van der Waals surface area contributed by atoms with Crippen LogP contribution in [0.15, 0.2) is 70.4 Å². The Morgan fingerprint density at radius 1 is 1.08 bits per heavy atom. The van der Waals surface area contributed by atoms with Crippen LogP contribution in [0, 0.1) is 0 Å². The molecular weight excluding hydrogens is 340 g/mol. The largest absolute Gasteiger partial charge is 0.464 e. The van der Waals surface area contributed by atoms with Gasteiger partial charge in [-0.05, 0) is 48.5 Å². The van der Waals surface area contributed by atoms with Crippen molar-refractivity contribution in [3.8, 4) is 11.4 Å². The van der Waals surface area contributed by atoms with Crippen molar-refractivity contribution < 1.29 is 12.8 Å². The van der Waals surface area contributed by atoms with Crippen molar-refractivity contribution in [1.82, 2.24) is 14.8 Å². The summed E-state index contributed by atoms with van der Waals surface area (Å²) in [5.41, 5.74) is 1.92. The van der Waals surface area contributed by atoms with E-state index >= 15 is 0 Å². The predicted octanol–water partition coefficient (Wildman–Crippen LogP) is 3.03. The number of fused-ring (bicyclic) bond motifs is 1. The molecule has 25 heavy (non-hydrogen) atoms. The van der Waals surface area contributed by atoms with Crippen molar-refractivity contribution in [3.63, 3.8) is 0 Å². The molecule has 2 aromatic carbocycles. The van der Waals surface area contributed by atoms with Crippen LogP contribution < -0.4 is 4.72 Å². The summed E-state index contributed by atoms with van der Waals surface area (Å²) >= 11 is 0. The van der Waals surface area contributed by atoms with Crippen molar-refractivity contribution >= 4 is 26.7 Å². The molecule has 2 heterocycles. The normalized spacial score (nSPS) is 11.7. The molecule has 0 atom stereocenters. The van der Waals surface area contributed by atoms with Crippen molar-refractivity contribution in [2.45, 2.75) is 4.90 Å². The van der Waals surface area contributed by atoms with E-state index in [1.807, 2.05) is 0 Å². The Labute approximate surface area is 144 Å². The molecule has 0 fully saturated rings. The first-order chi connectivity index (χ1) is 12.0. The fraction of sp³-hybridized carbons (Fsp3) is 0.0588. The molecule has 0 radical (unpaired) electrons. The molecule has 0 aliphatic rings. The quantitative estimate of drug-likeness (QED) is 0.608. The standard InChI is InChI=1S/C17H14N4O3S/c1-21-11-18-17(19-21)12-2-4-14(5-3-12)20-25(22,23)15-6-7-16-13(10-15)8-9-24-16/h2-11,20H,1H3. The van der Waals surface area contributed by atoms with E-state index in [9.17, 15) is 8.42 Å². The highest BCUT2D eigenvalue weighted by Gasteiger charge is 2.15. The molecule has 0 aliphatic carbocycles. The van der Waals surface area contributed by atoms with Crippen LogP contribution in [-0.4, -0.2) is 23.2 Å². The third kappa shape index (κ3) is 2.99. The number of nitrogens with one attached hydrogen (secondary N) is 1.